The van der Waals surface area contributed by atoms with Gasteiger partial charge in [0.15, 0.2) is 0 Å². The summed E-state index contributed by atoms with van der Waals surface area (Å²) in [4.78, 5) is 0. The van der Waals surface area contributed by atoms with Gasteiger partial charge >= 0.3 is 0 Å². The molecule has 1 rings (SSSR count). The van der Waals surface area contributed by atoms with E-state index < -0.39 is 0 Å². The van der Waals surface area contributed by atoms with Gasteiger partial charge in [0.1, 0.15) is 5.82 Å². The number of aromatic nitrogens is 2. The second-order valence-electron chi connectivity index (χ2n) is 3.14. The molecule has 0 fully saturated rings. The summed E-state index contributed by atoms with van der Waals surface area (Å²) in [5.74, 6) is 0.537. The lowest BCUT2D eigenvalue weighted by Crippen LogP contribution is -2.18. The van der Waals surface area contributed by atoms with Gasteiger partial charge in [-0.25, -0.2) is 0 Å². The summed E-state index contributed by atoms with van der Waals surface area (Å²) in [6.07, 6.45) is 1.95. The van der Waals surface area contributed by atoms with Crippen LogP contribution in [0, 0.1) is 0 Å². The minimum Gasteiger partial charge on any atom is -0.382 e. The quantitative estimate of drug-likeness (QED) is 0.725. The van der Waals surface area contributed by atoms with Gasteiger partial charge in [-0.3, -0.25) is 4.68 Å². The average Bonchev–Trinajstić information content (AvgIpc) is 2.52. The average molecular weight is 199 g/mol. The highest BCUT2D eigenvalue weighted by Gasteiger charge is 2.01. The molecule has 0 aromatic carbocycles. The lowest BCUT2D eigenvalue weighted by molar-refractivity contribution is 0.00510. The lowest BCUT2D eigenvalue weighted by Gasteiger charge is -2.11. The highest BCUT2D eigenvalue weighted by molar-refractivity contribution is 5.23. The van der Waals surface area contributed by atoms with Crippen LogP contribution in [-0.2, 0) is 16.0 Å². The third kappa shape index (κ3) is 3.76. The number of nitrogens with two attached hydrogens (primary N) is 1. The normalized spacial score (nSPS) is 13.0. The van der Waals surface area contributed by atoms with Gasteiger partial charge in [-0.05, 0) is 13.0 Å². The number of hydrogen-bond donors (Lipinski definition) is 1. The first kappa shape index (κ1) is 11.0. The first-order valence-corrected chi connectivity index (χ1v) is 4.62. The molecule has 0 aliphatic carbocycles. The molecule has 5 nitrogen and oxygen atoms in total. The highest BCUT2D eigenvalue weighted by atomic mass is 16.5. The molecule has 0 aliphatic rings. The molecule has 0 amide bonds. The second kappa shape index (κ2) is 5.62. The predicted molar refractivity (Wildman–Crippen MR) is 53.9 cm³/mol. The standard InChI is InChI=1S/C9H17N3O2/c1-8(7-13-2)14-6-5-12-4-3-9(10)11-12/h3-4,8H,5-7H2,1-2H3,(H2,10,11). The summed E-state index contributed by atoms with van der Waals surface area (Å²) in [6, 6.07) is 1.76. The summed E-state index contributed by atoms with van der Waals surface area (Å²) < 4.78 is 12.2. The van der Waals surface area contributed by atoms with Crippen molar-refractivity contribution in [2.75, 3.05) is 26.1 Å². The fraction of sp³-hybridized carbons (Fsp3) is 0.667. The van der Waals surface area contributed by atoms with E-state index in [9.17, 15) is 0 Å². The van der Waals surface area contributed by atoms with Crippen LogP contribution in [0.2, 0.25) is 0 Å². The van der Waals surface area contributed by atoms with Crippen molar-refractivity contribution in [3.63, 3.8) is 0 Å². The lowest BCUT2D eigenvalue weighted by atomic mass is 10.4. The van der Waals surface area contributed by atoms with Crippen molar-refractivity contribution < 1.29 is 9.47 Å². The van der Waals surface area contributed by atoms with Crippen molar-refractivity contribution in [1.29, 1.82) is 0 Å². The summed E-state index contributed by atoms with van der Waals surface area (Å²) in [5, 5.41) is 4.04. The Labute approximate surface area is 83.8 Å². The fourth-order valence-corrected chi connectivity index (χ4v) is 1.13. The fourth-order valence-electron chi connectivity index (χ4n) is 1.13. The molecule has 0 saturated heterocycles. The Morgan fingerprint density at radius 1 is 1.64 bits per heavy atom. The summed E-state index contributed by atoms with van der Waals surface area (Å²) in [6.45, 7) is 3.92. The summed E-state index contributed by atoms with van der Waals surface area (Å²) >= 11 is 0. The molecule has 14 heavy (non-hydrogen) atoms. The van der Waals surface area contributed by atoms with Crippen LogP contribution < -0.4 is 5.73 Å². The monoisotopic (exact) mass is 199 g/mol. The molecule has 0 saturated carbocycles. The predicted octanol–water partition coefficient (Wildman–Crippen LogP) is 0.517. The van der Waals surface area contributed by atoms with E-state index in [2.05, 4.69) is 5.10 Å². The Morgan fingerprint density at radius 2 is 2.43 bits per heavy atom. The van der Waals surface area contributed by atoms with Crippen LogP contribution in [0.3, 0.4) is 0 Å². The molecular weight excluding hydrogens is 182 g/mol. The molecule has 80 valence electrons. The van der Waals surface area contributed by atoms with Gasteiger partial charge < -0.3 is 15.2 Å². The SMILES string of the molecule is COCC(C)OCCn1ccc(N)n1. The van der Waals surface area contributed by atoms with Crippen LogP contribution in [0.5, 0.6) is 0 Å². The first-order chi connectivity index (χ1) is 6.72. The van der Waals surface area contributed by atoms with Crippen LogP contribution in [0.15, 0.2) is 12.3 Å². The number of nitrogen functional groups attached to an aromatic ring is 1. The molecule has 1 unspecified atom stereocenters. The molecule has 0 radical (unpaired) electrons. The number of hydrogen-bond acceptors (Lipinski definition) is 4. The van der Waals surface area contributed by atoms with E-state index in [1.165, 1.54) is 0 Å². The zero-order valence-electron chi connectivity index (χ0n) is 8.64. The van der Waals surface area contributed by atoms with Crippen molar-refractivity contribution >= 4 is 5.82 Å². The van der Waals surface area contributed by atoms with Crippen molar-refractivity contribution in [1.82, 2.24) is 9.78 Å². The van der Waals surface area contributed by atoms with E-state index in [4.69, 9.17) is 15.2 Å². The third-order valence-electron chi connectivity index (χ3n) is 1.79. The van der Waals surface area contributed by atoms with E-state index in [0.29, 0.717) is 25.6 Å². The largest absolute Gasteiger partial charge is 0.382 e. The molecule has 1 heterocycles. The molecule has 1 aromatic rings. The molecule has 0 spiro atoms. The zero-order chi connectivity index (χ0) is 10.4. The van der Waals surface area contributed by atoms with E-state index >= 15 is 0 Å². The van der Waals surface area contributed by atoms with Crippen LogP contribution in [0.4, 0.5) is 5.82 Å². The van der Waals surface area contributed by atoms with Crippen LogP contribution in [0.1, 0.15) is 6.92 Å². The van der Waals surface area contributed by atoms with Gasteiger partial charge in [0.25, 0.3) is 0 Å². The second-order valence-corrected chi connectivity index (χ2v) is 3.14. The van der Waals surface area contributed by atoms with Gasteiger partial charge in [-0.1, -0.05) is 0 Å². The van der Waals surface area contributed by atoms with Crippen LogP contribution >= 0.6 is 0 Å². The van der Waals surface area contributed by atoms with Gasteiger partial charge in [0.2, 0.25) is 0 Å². The number of methoxy groups -OCH3 is 1. The number of rotatable bonds is 6. The van der Waals surface area contributed by atoms with Crippen molar-refractivity contribution in [3.05, 3.63) is 12.3 Å². The highest BCUT2D eigenvalue weighted by Crippen LogP contribution is 1.97. The molecule has 2 N–H and O–H groups in total. The maximum Gasteiger partial charge on any atom is 0.145 e. The molecule has 0 aliphatic heterocycles. The van der Waals surface area contributed by atoms with Crippen LogP contribution in [-0.4, -0.2) is 36.2 Å². The Bertz CT molecular complexity index is 262. The number of nitrogens with zero attached hydrogens (tertiary/aromatic N) is 2. The third-order valence-corrected chi connectivity index (χ3v) is 1.79. The number of anilines is 1. The van der Waals surface area contributed by atoms with E-state index in [1.54, 1.807) is 17.9 Å². The Kier molecular flexibility index (Phi) is 4.42. The van der Waals surface area contributed by atoms with Crippen molar-refractivity contribution in [2.24, 2.45) is 0 Å². The van der Waals surface area contributed by atoms with E-state index in [0.717, 1.165) is 0 Å². The smallest absolute Gasteiger partial charge is 0.145 e. The van der Waals surface area contributed by atoms with E-state index in [1.807, 2.05) is 13.1 Å². The minimum atomic E-state index is 0.118. The first-order valence-electron chi connectivity index (χ1n) is 4.62. The minimum absolute atomic E-state index is 0.118. The van der Waals surface area contributed by atoms with Gasteiger partial charge in [-0.2, -0.15) is 5.10 Å². The topological polar surface area (TPSA) is 62.3 Å². The summed E-state index contributed by atoms with van der Waals surface area (Å²) in [5.41, 5.74) is 5.47. The van der Waals surface area contributed by atoms with Crippen molar-refractivity contribution in [2.45, 2.75) is 19.6 Å². The number of ether oxygens (including phenoxy) is 2. The van der Waals surface area contributed by atoms with E-state index in [-0.39, 0.29) is 6.10 Å². The molecule has 1 aromatic heterocycles. The Balaban J connectivity index is 2.15. The molecule has 0 bridgehead atoms. The molecular formula is C9H17N3O2. The zero-order valence-corrected chi connectivity index (χ0v) is 8.64. The maximum atomic E-state index is 5.47. The molecule has 5 heteroatoms. The summed E-state index contributed by atoms with van der Waals surface area (Å²) in [7, 11) is 1.66. The Hall–Kier alpha value is -1.07. The van der Waals surface area contributed by atoms with Gasteiger partial charge in [0, 0.05) is 13.3 Å². The maximum absolute atomic E-state index is 5.47. The van der Waals surface area contributed by atoms with Crippen molar-refractivity contribution in [3.8, 4) is 0 Å². The van der Waals surface area contributed by atoms with Crippen LogP contribution in [0.25, 0.3) is 0 Å². The van der Waals surface area contributed by atoms with Gasteiger partial charge in [-0.15, -0.1) is 0 Å². The Morgan fingerprint density at radius 3 is 3.00 bits per heavy atom. The molecule has 1 atom stereocenters. The van der Waals surface area contributed by atoms with Gasteiger partial charge in [0.05, 0.1) is 25.9 Å².